The maximum Gasteiger partial charge on any atom is 0.263 e. The number of hydrogen-bond donors (Lipinski definition) is 2. The van der Waals surface area contributed by atoms with Crippen molar-refractivity contribution in [1.29, 1.82) is 0 Å². The van der Waals surface area contributed by atoms with Crippen LogP contribution in [0.1, 0.15) is 49.0 Å². The van der Waals surface area contributed by atoms with Gasteiger partial charge in [-0.15, -0.1) is 11.3 Å². The average Bonchev–Trinajstić information content (AvgIpc) is 2.99. The third-order valence-corrected chi connectivity index (χ3v) is 4.07. The second kappa shape index (κ2) is 4.97. The third kappa shape index (κ3) is 2.90. The van der Waals surface area contributed by atoms with Gasteiger partial charge in [-0.3, -0.25) is 4.79 Å². The summed E-state index contributed by atoms with van der Waals surface area (Å²) in [5.74, 6) is 0.551. The average molecular weight is 267 g/mol. The summed E-state index contributed by atoms with van der Waals surface area (Å²) in [6.07, 6.45) is 2.36. The molecular formula is C13H21N3OS. The van der Waals surface area contributed by atoms with Gasteiger partial charge in [-0.05, 0) is 18.8 Å². The standard InChI is InChI=1S/C13H21N3OS/c1-13(2,3)11-10(18-7-15-11)12(17)16-9(6-14)8-4-5-8/h7-9H,4-6,14H2,1-3H3,(H,16,17). The fourth-order valence-electron chi connectivity index (χ4n) is 2.04. The number of carbonyl (C=O) groups is 1. The van der Waals surface area contributed by atoms with E-state index >= 15 is 0 Å². The summed E-state index contributed by atoms with van der Waals surface area (Å²) in [7, 11) is 0. The van der Waals surface area contributed by atoms with Crippen LogP contribution in [-0.2, 0) is 5.41 Å². The predicted molar refractivity (Wildman–Crippen MR) is 73.8 cm³/mol. The molecule has 1 saturated carbocycles. The van der Waals surface area contributed by atoms with Crippen LogP contribution in [0.15, 0.2) is 5.51 Å². The summed E-state index contributed by atoms with van der Waals surface area (Å²) >= 11 is 1.41. The largest absolute Gasteiger partial charge is 0.347 e. The lowest BCUT2D eigenvalue weighted by Crippen LogP contribution is -2.42. The van der Waals surface area contributed by atoms with Crippen LogP contribution in [0.5, 0.6) is 0 Å². The van der Waals surface area contributed by atoms with E-state index in [-0.39, 0.29) is 17.4 Å². The predicted octanol–water partition coefficient (Wildman–Crippen LogP) is 1.91. The van der Waals surface area contributed by atoms with E-state index in [2.05, 4.69) is 31.1 Å². The lowest BCUT2D eigenvalue weighted by atomic mass is 9.91. The second-order valence-corrected chi connectivity index (χ2v) is 6.79. The summed E-state index contributed by atoms with van der Waals surface area (Å²) in [6.45, 7) is 6.72. The highest BCUT2D eigenvalue weighted by atomic mass is 32.1. The number of nitrogens with one attached hydrogen (secondary N) is 1. The maximum atomic E-state index is 12.3. The highest BCUT2D eigenvalue weighted by Gasteiger charge is 2.33. The van der Waals surface area contributed by atoms with Crippen molar-refractivity contribution < 1.29 is 4.79 Å². The van der Waals surface area contributed by atoms with E-state index in [1.165, 1.54) is 24.2 Å². The van der Waals surface area contributed by atoms with Gasteiger partial charge in [0.25, 0.3) is 5.91 Å². The van der Waals surface area contributed by atoms with Crippen molar-refractivity contribution in [1.82, 2.24) is 10.3 Å². The Kier molecular flexibility index (Phi) is 3.73. The highest BCUT2D eigenvalue weighted by Crippen LogP contribution is 2.33. The molecule has 0 radical (unpaired) electrons. The van der Waals surface area contributed by atoms with Crippen molar-refractivity contribution in [2.45, 2.75) is 45.1 Å². The molecule has 1 amide bonds. The van der Waals surface area contributed by atoms with Gasteiger partial charge in [0, 0.05) is 18.0 Å². The van der Waals surface area contributed by atoms with Crippen LogP contribution < -0.4 is 11.1 Å². The molecule has 1 atom stereocenters. The van der Waals surface area contributed by atoms with Crippen molar-refractivity contribution in [2.75, 3.05) is 6.54 Å². The Balaban J connectivity index is 2.11. The van der Waals surface area contributed by atoms with Gasteiger partial charge in [0.1, 0.15) is 4.88 Å². The number of rotatable bonds is 4. The summed E-state index contributed by atoms with van der Waals surface area (Å²) in [5, 5.41) is 3.05. The molecule has 0 aromatic carbocycles. The molecule has 5 heteroatoms. The molecule has 1 fully saturated rings. The Morgan fingerprint density at radius 3 is 2.78 bits per heavy atom. The van der Waals surface area contributed by atoms with E-state index in [1.54, 1.807) is 5.51 Å². The molecule has 1 aromatic heterocycles. The van der Waals surface area contributed by atoms with Crippen LogP contribution in [0.4, 0.5) is 0 Å². The molecule has 0 saturated heterocycles. The molecule has 1 aliphatic rings. The zero-order valence-electron chi connectivity index (χ0n) is 11.2. The Hall–Kier alpha value is -0.940. The molecule has 0 spiro atoms. The van der Waals surface area contributed by atoms with Crippen LogP contribution in [0, 0.1) is 5.92 Å². The molecule has 0 aliphatic heterocycles. The maximum absolute atomic E-state index is 12.3. The smallest absolute Gasteiger partial charge is 0.263 e. The molecule has 1 aliphatic carbocycles. The van der Waals surface area contributed by atoms with Gasteiger partial charge in [0.2, 0.25) is 0 Å². The van der Waals surface area contributed by atoms with Crippen molar-refractivity contribution >= 4 is 17.2 Å². The Morgan fingerprint density at radius 1 is 1.61 bits per heavy atom. The molecule has 2 rings (SSSR count). The van der Waals surface area contributed by atoms with Crippen LogP contribution in [-0.4, -0.2) is 23.5 Å². The molecule has 18 heavy (non-hydrogen) atoms. The van der Waals surface area contributed by atoms with Crippen molar-refractivity contribution in [3.63, 3.8) is 0 Å². The minimum atomic E-state index is -0.107. The topological polar surface area (TPSA) is 68.0 Å². The third-order valence-electron chi connectivity index (χ3n) is 3.25. The molecule has 0 bridgehead atoms. The number of nitrogens with two attached hydrogens (primary N) is 1. The highest BCUT2D eigenvalue weighted by molar-refractivity contribution is 7.11. The van der Waals surface area contributed by atoms with Gasteiger partial charge >= 0.3 is 0 Å². The number of aromatic nitrogens is 1. The number of thiazole rings is 1. The Labute approximate surface area is 112 Å². The van der Waals surface area contributed by atoms with Gasteiger partial charge in [-0.1, -0.05) is 20.8 Å². The number of amides is 1. The quantitative estimate of drug-likeness (QED) is 0.875. The Morgan fingerprint density at radius 2 is 2.28 bits per heavy atom. The van der Waals surface area contributed by atoms with Crippen molar-refractivity contribution in [2.24, 2.45) is 11.7 Å². The molecule has 3 N–H and O–H groups in total. The summed E-state index contributed by atoms with van der Waals surface area (Å²) in [4.78, 5) is 17.3. The van der Waals surface area contributed by atoms with E-state index in [1.807, 2.05) is 0 Å². The van der Waals surface area contributed by atoms with Crippen LogP contribution >= 0.6 is 11.3 Å². The van der Waals surface area contributed by atoms with Crippen LogP contribution in [0.25, 0.3) is 0 Å². The first kappa shape index (κ1) is 13.5. The SMILES string of the molecule is CC(C)(C)c1ncsc1C(=O)NC(CN)C1CC1. The minimum Gasteiger partial charge on any atom is -0.347 e. The summed E-state index contributed by atoms with van der Waals surface area (Å²) < 4.78 is 0. The molecule has 1 unspecified atom stereocenters. The van der Waals surface area contributed by atoms with Gasteiger partial charge < -0.3 is 11.1 Å². The Bertz CT molecular complexity index is 432. The van der Waals surface area contributed by atoms with E-state index in [0.717, 1.165) is 10.6 Å². The summed E-state index contributed by atoms with van der Waals surface area (Å²) in [6, 6.07) is 0.118. The minimum absolute atomic E-state index is 0.0234. The number of hydrogen-bond acceptors (Lipinski definition) is 4. The van der Waals surface area contributed by atoms with Crippen LogP contribution in [0.2, 0.25) is 0 Å². The molecule has 1 heterocycles. The fourth-order valence-corrected chi connectivity index (χ4v) is 2.94. The van der Waals surface area contributed by atoms with Crippen molar-refractivity contribution in [3.8, 4) is 0 Å². The monoisotopic (exact) mass is 267 g/mol. The zero-order valence-corrected chi connectivity index (χ0v) is 12.0. The lowest BCUT2D eigenvalue weighted by Gasteiger charge is -2.19. The molecule has 100 valence electrons. The van der Waals surface area contributed by atoms with Crippen molar-refractivity contribution in [3.05, 3.63) is 16.1 Å². The number of nitrogens with zero attached hydrogens (tertiary/aromatic N) is 1. The van der Waals surface area contributed by atoms with E-state index < -0.39 is 0 Å². The van der Waals surface area contributed by atoms with Gasteiger partial charge in [-0.2, -0.15) is 0 Å². The fraction of sp³-hybridized carbons (Fsp3) is 0.692. The molecule has 1 aromatic rings. The normalized spacial score (nSPS) is 17.6. The van der Waals surface area contributed by atoms with Crippen LogP contribution in [0.3, 0.4) is 0 Å². The molecular weight excluding hydrogens is 246 g/mol. The summed E-state index contributed by atoms with van der Waals surface area (Å²) in [5.41, 5.74) is 8.22. The van der Waals surface area contributed by atoms with Gasteiger partial charge in [0.05, 0.1) is 11.2 Å². The number of carbonyl (C=O) groups excluding carboxylic acids is 1. The first-order chi connectivity index (χ1) is 8.43. The van der Waals surface area contributed by atoms with Gasteiger partial charge in [-0.25, -0.2) is 4.98 Å². The molecule has 4 nitrogen and oxygen atoms in total. The van der Waals surface area contributed by atoms with E-state index in [0.29, 0.717) is 12.5 Å². The first-order valence-corrected chi connectivity index (χ1v) is 7.26. The first-order valence-electron chi connectivity index (χ1n) is 6.38. The lowest BCUT2D eigenvalue weighted by molar-refractivity contribution is 0.0935. The second-order valence-electron chi connectivity index (χ2n) is 5.93. The van der Waals surface area contributed by atoms with Gasteiger partial charge in [0.15, 0.2) is 0 Å². The van der Waals surface area contributed by atoms with E-state index in [4.69, 9.17) is 5.73 Å². The zero-order chi connectivity index (χ0) is 13.3. The van der Waals surface area contributed by atoms with E-state index in [9.17, 15) is 4.79 Å².